The van der Waals surface area contributed by atoms with E-state index < -0.39 is 0 Å². The van der Waals surface area contributed by atoms with Crippen molar-refractivity contribution in [2.24, 2.45) is 0 Å². The minimum atomic E-state index is 0.654. The molecule has 0 aromatic carbocycles. The molecule has 2 aliphatic heterocycles. The molecule has 1 aromatic heterocycles. The molecule has 3 rings (SSSR count). The van der Waals surface area contributed by atoms with Gasteiger partial charge in [-0.15, -0.1) is 0 Å². The Balaban J connectivity index is 1.75. The number of aromatic nitrogens is 2. The normalized spacial score (nSPS) is 29.3. The number of rotatable bonds is 2. The molecular weight excluding hydrogens is 198 g/mol. The largest absolute Gasteiger partial charge is 0.332 e. The highest BCUT2D eigenvalue weighted by molar-refractivity contribution is 5.09. The van der Waals surface area contributed by atoms with Gasteiger partial charge in [0.25, 0.3) is 0 Å². The van der Waals surface area contributed by atoms with Crippen LogP contribution in [0.5, 0.6) is 0 Å². The van der Waals surface area contributed by atoms with Gasteiger partial charge in [0, 0.05) is 31.1 Å². The number of imidazole rings is 1. The van der Waals surface area contributed by atoms with Crippen molar-refractivity contribution in [1.82, 2.24) is 14.9 Å². The zero-order valence-electron chi connectivity index (χ0n) is 10.1. The van der Waals surface area contributed by atoms with Crippen molar-refractivity contribution >= 4 is 0 Å². The second kappa shape index (κ2) is 4.21. The Morgan fingerprint density at radius 2 is 2.38 bits per heavy atom. The maximum absolute atomic E-state index is 4.79. The van der Waals surface area contributed by atoms with E-state index in [0.29, 0.717) is 12.1 Å². The molecule has 0 amide bonds. The summed E-state index contributed by atoms with van der Waals surface area (Å²) >= 11 is 0. The summed E-state index contributed by atoms with van der Waals surface area (Å²) in [5, 5.41) is 3.55. The topological polar surface area (TPSA) is 29.9 Å². The van der Waals surface area contributed by atoms with E-state index in [2.05, 4.69) is 23.0 Å². The van der Waals surface area contributed by atoms with Crippen LogP contribution in [0.3, 0.4) is 0 Å². The quantitative estimate of drug-likeness (QED) is 0.825. The van der Waals surface area contributed by atoms with E-state index in [1.165, 1.54) is 50.2 Å². The average Bonchev–Trinajstić information content (AvgIpc) is 2.88. The van der Waals surface area contributed by atoms with Gasteiger partial charge in [0.15, 0.2) is 0 Å². The molecule has 0 saturated carbocycles. The highest BCUT2D eigenvalue weighted by Crippen LogP contribution is 2.24. The van der Waals surface area contributed by atoms with Crippen molar-refractivity contribution < 1.29 is 0 Å². The van der Waals surface area contributed by atoms with Gasteiger partial charge in [-0.1, -0.05) is 0 Å². The minimum absolute atomic E-state index is 0.654. The molecule has 3 nitrogen and oxygen atoms in total. The number of fused-ring (bicyclic) bond motifs is 1. The molecule has 2 atom stereocenters. The molecule has 3 heterocycles. The number of nitrogens with zero attached hydrogens (tertiary/aromatic N) is 2. The Kier molecular flexibility index (Phi) is 2.72. The lowest BCUT2D eigenvalue weighted by Crippen LogP contribution is -2.23. The molecule has 0 bridgehead atoms. The third-order valence-corrected chi connectivity index (χ3v) is 3.97. The zero-order valence-corrected chi connectivity index (χ0v) is 10.1. The second-order valence-electron chi connectivity index (χ2n) is 5.29. The smallest absolute Gasteiger partial charge is 0.109 e. The van der Waals surface area contributed by atoms with Crippen LogP contribution in [-0.4, -0.2) is 22.1 Å². The number of hydrogen-bond acceptors (Lipinski definition) is 2. The Labute approximate surface area is 97.3 Å². The van der Waals surface area contributed by atoms with E-state index in [1.807, 2.05) is 0 Å². The Morgan fingerprint density at radius 3 is 3.12 bits per heavy atom. The van der Waals surface area contributed by atoms with Crippen LogP contribution in [0.1, 0.15) is 50.2 Å². The second-order valence-corrected chi connectivity index (χ2v) is 5.29. The van der Waals surface area contributed by atoms with Gasteiger partial charge >= 0.3 is 0 Å². The summed E-state index contributed by atoms with van der Waals surface area (Å²) in [6.45, 7) is 3.50. The molecule has 2 aliphatic rings. The monoisotopic (exact) mass is 219 g/mol. The van der Waals surface area contributed by atoms with Gasteiger partial charge in [-0.2, -0.15) is 0 Å². The Hall–Kier alpha value is -0.830. The average molecular weight is 219 g/mol. The Morgan fingerprint density at radius 1 is 1.44 bits per heavy atom. The summed E-state index contributed by atoms with van der Waals surface area (Å²) < 4.78 is 2.40. The molecule has 1 N–H and O–H groups in total. The first-order valence-electron chi connectivity index (χ1n) is 6.63. The van der Waals surface area contributed by atoms with Crippen LogP contribution in [0, 0.1) is 0 Å². The van der Waals surface area contributed by atoms with Gasteiger partial charge in [-0.3, -0.25) is 0 Å². The molecule has 0 aliphatic carbocycles. The van der Waals surface area contributed by atoms with Crippen molar-refractivity contribution in [2.45, 2.75) is 57.5 Å². The van der Waals surface area contributed by atoms with Crippen molar-refractivity contribution in [3.05, 3.63) is 17.7 Å². The van der Waals surface area contributed by atoms with E-state index in [9.17, 15) is 0 Å². The molecule has 1 aromatic rings. The number of nitrogens with one attached hydrogen (secondary N) is 1. The standard InChI is InChI=1S/C13H21N3/c1-10-4-2-6-13-15-12(9-16(10)13)8-11-5-3-7-14-11/h9-11,14H,2-8H2,1H3. The zero-order chi connectivity index (χ0) is 11.0. The summed E-state index contributed by atoms with van der Waals surface area (Å²) in [4.78, 5) is 4.79. The van der Waals surface area contributed by atoms with Crippen molar-refractivity contribution in [2.75, 3.05) is 6.54 Å². The molecule has 88 valence electrons. The summed E-state index contributed by atoms with van der Waals surface area (Å²) in [5.41, 5.74) is 1.29. The maximum Gasteiger partial charge on any atom is 0.109 e. The van der Waals surface area contributed by atoms with Crippen molar-refractivity contribution in [3.63, 3.8) is 0 Å². The number of aryl methyl sites for hydroxylation is 1. The van der Waals surface area contributed by atoms with E-state index in [-0.39, 0.29) is 0 Å². The third-order valence-electron chi connectivity index (χ3n) is 3.97. The van der Waals surface area contributed by atoms with Crippen LogP contribution in [0.2, 0.25) is 0 Å². The molecule has 1 fully saturated rings. The molecule has 0 radical (unpaired) electrons. The molecule has 2 unspecified atom stereocenters. The van der Waals surface area contributed by atoms with E-state index in [0.717, 1.165) is 6.42 Å². The van der Waals surface area contributed by atoms with Gasteiger partial charge in [0.1, 0.15) is 5.82 Å². The van der Waals surface area contributed by atoms with Gasteiger partial charge in [-0.25, -0.2) is 4.98 Å². The first kappa shape index (κ1) is 10.3. The Bertz CT molecular complexity index is 363. The summed E-state index contributed by atoms with van der Waals surface area (Å²) in [6, 6.07) is 1.33. The van der Waals surface area contributed by atoms with Crippen LogP contribution >= 0.6 is 0 Å². The predicted molar refractivity (Wildman–Crippen MR) is 64.6 cm³/mol. The van der Waals surface area contributed by atoms with Crippen molar-refractivity contribution in [1.29, 1.82) is 0 Å². The molecular formula is C13H21N3. The first-order chi connectivity index (χ1) is 7.83. The molecule has 1 saturated heterocycles. The van der Waals surface area contributed by atoms with Gasteiger partial charge in [0.05, 0.1) is 5.69 Å². The highest BCUT2D eigenvalue weighted by atomic mass is 15.1. The van der Waals surface area contributed by atoms with E-state index in [1.54, 1.807) is 0 Å². The van der Waals surface area contributed by atoms with E-state index >= 15 is 0 Å². The lowest BCUT2D eigenvalue weighted by Gasteiger charge is -2.20. The molecule has 16 heavy (non-hydrogen) atoms. The maximum atomic E-state index is 4.79. The first-order valence-corrected chi connectivity index (χ1v) is 6.63. The van der Waals surface area contributed by atoms with Crippen LogP contribution in [0.25, 0.3) is 0 Å². The SMILES string of the molecule is CC1CCCc2nc(CC3CCCN3)cn21. The molecule has 0 spiro atoms. The fraction of sp³-hybridized carbons (Fsp3) is 0.769. The van der Waals surface area contributed by atoms with E-state index in [4.69, 9.17) is 4.98 Å². The van der Waals surface area contributed by atoms with Crippen LogP contribution in [0.15, 0.2) is 6.20 Å². The summed E-state index contributed by atoms with van der Waals surface area (Å²) in [6.07, 6.45) is 9.84. The third kappa shape index (κ3) is 1.88. The van der Waals surface area contributed by atoms with Crippen LogP contribution < -0.4 is 5.32 Å². The minimum Gasteiger partial charge on any atom is -0.332 e. The summed E-state index contributed by atoms with van der Waals surface area (Å²) in [5.74, 6) is 1.31. The molecule has 3 heteroatoms. The predicted octanol–water partition coefficient (Wildman–Crippen LogP) is 2.07. The van der Waals surface area contributed by atoms with Gasteiger partial charge in [-0.05, 0) is 39.2 Å². The lowest BCUT2D eigenvalue weighted by molar-refractivity contribution is 0.425. The fourth-order valence-electron chi connectivity index (χ4n) is 3.03. The van der Waals surface area contributed by atoms with Crippen LogP contribution in [-0.2, 0) is 12.8 Å². The highest BCUT2D eigenvalue weighted by Gasteiger charge is 2.20. The lowest BCUT2D eigenvalue weighted by atomic mass is 10.1. The van der Waals surface area contributed by atoms with Gasteiger partial charge in [0.2, 0.25) is 0 Å². The van der Waals surface area contributed by atoms with Crippen LogP contribution in [0.4, 0.5) is 0 Å². The summed E-state index contributed by atoms with van der Waals surface area (Å²) in [7, 11) is 0. The fourth-order valence-corrected chi connectivity index (χ4v) is 3.03. The van der Waals surface area contributed by atoms with Gasteiger partial charge < -0.3 is 9.88 Å². The van der Waals surface area contributed by atoms with Crippen molar-refractivity contribution in [3.8, 4) is 0 Å². The number of hydrogen-bond donors (Lipinski definition) is 1.